The molecular formula is C16H22N2O2S. The Balaban J connectivity index is 2.02. The monoisotopic (exact) mass is 306 g/mol. The van der Waals surface area contributed by atoms with Crippen molar-refractivity contribution in [3.05, 3.63) is 46.2 Å². The van der Waals surface area contributed by atoms with E-state index < -0.39 is 6.29 Å². The quantitative estimate of drug-likeness (QED) is 0.735. The van der Waals surface area contributed by atoms with Crippen LogP contribution in [0.2, 0.25) is 0 Å². The molecule has 0 bridgehead atoms. The van der Waals surface area contributed by atoms with Crippen molar-refractivity contribution in [2.45, 2.75) is 51.2 Å². The third-order valence-corrected chi connectivity index (χ3v) is 4.43. The normalized spacial score (nSPS) is 12.8. The topological polar surface area (TPSA) is 66.2 Å². The molecule has 2 aromatic rings. The van der Waals surface area contributed by atoms with Gasteiger partial charge in [0.25, 0.3) is 0 Å². The van der Waals surface area contributed by atoms with Crippen molar-refractivity contribution in [1.29, 1.82) is 0 Å². The summed E-state index contributed by atoms with van der Waals surface area (Å²) in [4.78, 5) is 10.4. The summed E-state index contributed by atoms with van der Waals surface area (Å²) in [7, 11) is 0. The Morgan fingerprint density at radius 2 is 2.05 bits per heavy atom. The Morgan fingerprint density at radius 3 is 2.62 bits per heavy atom. The van der Waals surface area contributed by atoms with E-state index in [1.54, 1.807) is 11.3 Å². The highest BCUT2D eigenvalue weighted by Crippen LogP contribution is 2.30. The number of rotatable bonds is 8. The predicted molar refractivity (Wildman–Crippen MR) is 84.3 cm³/mol. The summed E-state index contributed by atoms with van der Waals surface area (Å²) in [6.07, 6.45) is 6.44. The SMILES string of the molecule is CCCC(c1cnc(CCCC(O)O)cn1)c1cccs1. The van der Waals surface area contributed by atoms with Crippen molar-refractivity contribution in [2.75, 3.05) is 0 Å². The highest BCUT2D eigenvalue weighted by molar-refractivity contribution is 7.10. The van der Waals surface area contributed by atoms with Crippen molar-refractivity contribution < 1.29 is 10.2 Å². The molecule has 0 aromatic carbocycles. The second kappa shape index (κ2) is 8.22. The number of aliphatic hydroxyl groups excluding tert-OH is 1. The molecule has 0 fully saturated rings. The van der Waals surface area contributed by atoms with Crippen LogP contribution in [0.15, 0.2) is 29.9 Å². The first-order valence-corrected chi connectivity index (χ1v) is 8.29. The summed E-state index contributed by atoms with van der Waals surface area (Å²) in [5.74, 6) is 0.329. The lowest BCUT2D eigenvalue weighted by molar-refractivity contribution is -0.0461. The maximum Gasteiger partial charge on any atom is 0.151 e. The smallest absolute Gasteiger partial charge is 0.151 e. The average molecular weight is 306 g/mol. The standard InChI is InChI=1S/C16H22N2O2S/c1-2-5-13(15-7-4-9-21-15)14-11-17-12(10-18-14)6-3-8-16(19)20/h4,7,9-11,13,16,19-20H,2-3,5-6,8H2,1H3. The number of aromatic nitrogens is 2. The fourth-order valence-corrected chi connectivity index (χ4v) is 3.23. The van der Waals surface area contributed by atoms with Gasteiger partial charge in [-0.05, 0) is 37.1 Å². The van der Waals surface area contributed by atoms with Crippen LogP contribution in [0.1, 0.15) is 54.8 Å². The molecule has 2 aromatic heterocycles. The molecule has 1 unspecified atom stereocenters. The van der Waals surface area contributed by atoms with E-state index >= 15 is 0 Å². The van der Waals surface area contributed by atoms with Crippen LogP contribution >= 0.6 is 11.3 Å². The summed E-state index contributed by atoms with van der Waals surface area (Å²) in [6, 6.07) is 4.23. The molecule has 0 radical (unpaired) electrons. The summed E-state index contributed by atoms with van der Waals surface area (Å²) in [5, 5.41) is 19.8. The molecule has 2 rings (SSSR count). The van der Waals surface area contributed by atoms with E-state index in [1.165, 1.54) is 4.88 Å². The number of aliphatic hydroxyl groups is 2. The molecule has 0 aliphatic heterocycles. The van der Waals surface area contributed by atoms with Gasteiger partial charge in [0.2, 0.25) is 0 Å². The molecule has 0 spiro atoms. The van der Waals surface area contributed by atoms with Gasteiger partial charge in [-0.1, -0.05) is 19.4 Å². The molecule has 114 valence electrons. The molecule has 2 N–H and O–H groups in total. The van der Waals surface area contributed by atoms with Gasteiger partial charge in [-0.3, -0.25) is 9.97 Å². The van der Waals surface area contributed by atoms with Gasteiger partial charge in [0.15, 0.2) is 6.29 Å². The lowest BCUT2D eigenvalue weighted by Crippen LogP contribution is -2.06. The van der Waals surface area contributed by atoms with Gasteiger partial charge in [-0.25, -0.2) is 0 Å². The second-order valence-electron chi connectivity index (χ2n) is 5.16. The van der Waals surface area contributed by atoms with Crippen LogP contribution < -0.4 is 0 Å². The first kappa shape index (κ1) is 16.1. The predicted octanol–water partition coefficient (Wildman–Crippen LogP) is 3.10. The Bertz CT molecular complexity index is 512. The minimum atomic E-state index is -1.23. The molecule has 2 heterocycles. The van der Waals surface area contributed by atoms with E-state index in [9.17, 15) is 0 Å². The molecule has 5 heteroatoms. The molecule has 0 aliphatic rings. The zero-order valence-corrected chi connectivity index (χ0v) is 13.1. The fourth-order valence-electron chi connectivity index (χ4n) is 2.35. The number of hydrogen-bond donors (Lipinski definition) is 2. The second-order valence-corrected chi connectivity index (χ2v) is 6.14. The lowest BCUT2D eigenvalue weighted by Gasteiger charge is -2.14. The Morgan fingerprint density at radius 1 is 1.19 bits per heavy atom. The summed E-state index contributed by atoms with van der Waals surface area (Å²) in [5.41, 5.74) is 1.92. The van der Waals surface area contributed by atoms with E-state index in [4.69, 9.17) is 10.2 Å². The van der Waals surface area contributed by atoms with Crippen LogP contribution in [-0.2, 0) is 6.42 Å². The largest absolute Gasteiger partial charge is 0.368 e. The minimum Gasteiger partial charge on any atom is -0.368 e. The van der Waals surface area contributed by atoms with Crippen LogP contribution in [0, 0.1) is 0 Å². The number of nitrogens with zero attached hydrogens (tertiary/aromatic N) is 2. The van der Waals surface area contributed by atoms with Gasteiger partial charge < -0.3 is 10.2 Å². The van der Waals surface area contributed by atoms with Crippen molar-refractivity contribution >= 4 is 11.3 Å². The zero-order valence-electron chi connectivity index (χ0n) is 12.3. The van der Waals surface area contributed by atoms with Gasteiger partial charge in [-0.15, -0.1) is 11.3 Å². The highest BCUT2D eigenvalue weighted by Gasteiger charge is 2.16. The maximum absolute atomic E-state index is 8.83. The molecule has 4 nitrogen and oxygen atoms in total. The molecule has 21 heavy (non-hydrogen) atoms. The number of hydrogen-bond acceptors (Lipinski definition) is 5. The van der Waals surface area contributed by atoms with Crippen molar-refractivity contribution in [2.24, 2.45) is 0 Å². The van der Waals surface area contributed by atoms with Gasteiger partial charge in [0.1, 0.15) is 0 Å². The number of aryl methyl sites for hydroxylation is 1. The minimum absolute atomic E-state index is 0.329. The van der Waals surface area contributed by atoms with E-state index in [-0.39, 0.29) is 0 Å². The number of thiophene rings is 1. The third kappa shape index (κ3) is 4.88. The first-order valence-electron chi connectivity index (χ1n) is 7.41. The van der Waals surface area contributed by atoms with Gasteiger partial charge in [-0.2, -0.15) is 0 Å². The first-order chi connectivity index (χ1) is 10.2. The van der Waals surface area contributed by atoms with E-state index in [0.717, 1.165) is 30.7 Å². The van der Waals surface area contributed by atoms with E-state index in [2.05, 4.69) is 34.4 Å². The Hall–Kier alpha value is -1.30. The van der Waals surface area contributed by atoms with Crippen LogP contribution in [0.3, 0.4) is 0 Å². The van der Waals surface area contributed by atoms with Crippen LogP contribution in [0.4, 0.5) is 0 Å². The Kier molecular flexibility index (Phi) is 6.29. The zero-order chi connectivity index (χ0) is 15.1. The molecule has 0 saturated carbocycles. The average Bonchev–Trinajstić information content (AvgIpc) is 2.99. The van der Waals surface area contributed by atoms with Crippen LogP contribution in [-0.4, -0.2) is 26.5 Å². The Labute approximate surface area is 129 Å². The van der Waals surface area contributed by atoms with Crippen LogP contribution in [0.5, 0.6) is 0 Å². The van der Waals surface area contributed by atoms with Gasteiger partial charge in [0, 0.05) is 23.2 Å². The fraction of sp³-hybridized carbons (Fsp3) is 0.500. The molecular weight excluding hydrogens is 284 g/mol. The van der Waals surface area contributed by atoms with Gasteiger partial charge in [0.05, 0.1) is 11.4 Å². The molecule has 0 aliphatic carbocycles. The summed E-state index contributed by atoms with van der Waals surface area (Å²) >= 11 is 1.76. The maximum atomic E-state index is 8.83. The van der Waals surface area contributed by atoms with E-state index in [1.807, 2.05) is 12.4 Å². The van der Waals surface area contributed by atoms with E-state index in [0.29, 0.717) is 18.8 Å². The van der Waals surface area contributed by atoms with Crippen molar-refractivity contribution in [3.8, 4) is 0 Å². The summed E-state index contributed by atoms with van der Waals surface area (Å²) < 4.78 is 0. The van der Waals surface area contributed by atoms with Gasteiger partial charge >= 0.3 is 0 Å². The third-order valence-electron chi connectivity index (χ3n) is 3.44. The highest BCUT2D eigenvalue weighted by atomic mass is 32.1. The molecule has 0 amide bonds. The lowest BCUT2D eigenvalue weighted by atomic mass is 9.98. The molecule has 1 atom stereocenters. The summed E-state index contributed by atoms with van der Waals surface area (Å²) in [6.45, 7) is 2.18. The molecule has 0 saturated heterocycles. The van der Waals surface area contributed by atoms with Crippen LogP contribution in [0.25, 0.3) is 0 Å². The van der Waals surface area contributed by atoms with Crippen molar-refractivity contribution in [3.63, 3.8) is 0 Å². The van der Waals surface area contributed by atoms with Crippen molar-refractivity contribution in [1.82, 2.24) is 9.97 Å².